The van der Waals surface area contributed by atoms with Crippen LogP contribution >= 0.6 is 0 Å². The van der Waals surface area contributed by atoms with Gasteiger partial charge in [-0.25, -0.2) is 13.4 Å². The molecule has 0 bridgehead atoms. The topological polar surface area (TPSA) is 90.2 Å². The zero-order valence-electron chi connectivity index (χ0n) is 8.22. The lowest BCUT2D eigenvalue weighted by Gasteiger charge is -2.09. The van der Waals surface area contributed by atoms with Crippen molar-refractivity contribution in [3.8, 4) is 0 Å². The van der Waals surface area contributed by atoms with Crippen LogP contribution in [-0.2, 0) is 16.0 Å². The van der Waals surface area contributed by atoms with Crippen molar-refractivity contribution in [2.24, 2.45) is 0 Å². The third-order valence-corrected chi connectivity index (χ3v) is 2.73. The zero-order chi connectivity index (χ0) is 13.4. The van der Waals surface area contributed by atoms with Gasteiger partial charge in [0.2, 0.25) is 0 Å². The molecular weight excluding hydrogens is 265 g/mol. The third-order valence-electron chi connectivity index (χ3n) is 1.70. The van der Waals surface area contributed by atoms with Crippen LogP contribution < -0.4 is 0 Å². The SMILES string of the molecule is CS(=O)(=O)c1ncc([N+](=O)[O-])cc1C(F)(F)F. The number of nitro groups is 1. The van der Waals surface area contributed by atoms with Gasteiger partial charge < -0.3 is 0 Å². The van der Waals surface area contributed by atoms with Gasteiger partial charge in [-0.1, -0.05) is 0 Å². The highest BCUT2D eigenvalue weighted by Gasteiger charge is 2.38. The normalized spacial score (nSPS) is 12.5. The van der Waals surface area contributed by atoms with Gasteiger partial charge in [-0.3, -0.25) is 10.1 Å². The molecule has 1 heterocycles. The minimum Gasteiger partial charge on any atom is -0.258 e. The molecule has 0 aliphatic heterocycles. The van der Waals surface area contributed by atoms with Crippen LogP contribution in [0.3, 0.4) is 0 Å². The average Bonchev–Trinajstić information content (AvgIpc) is 2.14. The second-order valence-corrected chi connectivity index (χ2v) is 5.00. The molecule has 0 amide bonds. The van der Waals surface area contributed by atoms with E-state index in [1.807, 2.05) is 0 Å². The van der Waals surface area contributed by atoms with Crippen molar-refractivity contribution in [2.75, 3.05) is 6.26 Å². The molecule has 1 aromatic heterocycles. The molecule has 94 valence electrons. The Balaban J connectivity index is 3.60. The van der Waals surface area contributed by atoms with Crippen molar-refractivity contribution in [2.45, 2.75) is 11.2 Å². The standard InChI is InChI=1S/C7H5F3N2O4S/c1-17(15,16)6-5(7(8,9)10)2-4(3-11-6)12(13)14/h2-3H,1H3. The van der Waals surface area contributed by atoms with E-state index in [-0.39, 0.29) is 6.07 Å². The van der Waals surface area contributed by atoms with Crippen LogP contribution in [0.15, 0.2) is 17.3 Å². The van der Waals surface area contributed by atoms with Gasteiger partial charge in [0.15, 0.2) is 14.9 Å². The molecule has 1 rings (SSSR count). The van der Waals surface area contributed by atoms with Gasteiger partial charge in [0, 0.05) is 12.3 Å². The van der Waals surface area contributed by atoms with E-state index >= 15 is 0 Å². The molecule has 0 saturated heterocycles. The third kappa shape index (κ3) is 2.90. The summed E-state index contributed by atoms with van der Waals surface area (Å²) in [5.74, 6) is 0. The second kappa shape index (κ2) is 3.95. The molecule has 0 saturated carbocycles. The minimum absolute atomic E-state index is 0.142. The van der Waals surface area contributed by atoms with Gasteiger partial charge >= 0.3 is 6.18 Å². The molecule has 0 aliphatic carbocycles. The molecule has 17 heavy (non-hydrogen) atoms. The van der Waals surface area contributed by atoms with Crippen molar-refractivity contribution >= 4 is 15.5 Å². The van der Waals surface area contributed by atoms with E-state index in [4.69, 9.17) is 0 Å². The number of alkyl halides is 3. The molecule has 0 aromatic carbocycles. The van der Waals surface area contributed by atoms with Gasteiger partial charge in [-0.15, -0.1) is 0 Å². The first-order valence-electron chi connectivity index (χ1n) is 3.95. The summed E-state index contributed by atoms with van der Waals surface area (Å²) in [6.45, 7) is 0. The van der Waals surface area contributed by atoms with Gasteiger partial charge in [0.25, 0.3) is 5.69 Å². The van der Waals surface area contributed by atoms with Crippen LogP contribution in [0.25, 0.3) is 0 Å². The van der Waals surface area contributed by atoms with Gasteiger partial charge in [-0.05, 0) is 0 Å². The van der Waals surface area contributed by atoms with E-state index in [0.717, 1.165) is 0 Å². The molecule has 0 unspecified atom stereocenters. The van der Waals surface area contributed by atoms with Crippen molar-refractivity contribution < 1.29 is 26.5 Å². The highest BCUT2D eigenvalue weighted by molar-refractivity contribution is 7.90. The minimum atomic E-state index is -5.03. The molecule has 0 spiro atoms. The van der Waals surface area contributed by atoms with Crippen LogP contribution in [-0.4, -0.2) is 24.6 Å². The van der Waals surface area contributed by atoms with E-state index in [9.17, 15) is 31.7 Å². The Labute approximate surface area is 93.2 Å². The van der Waals surface area contributed by atoms with Crippen LogP contribution in [0, 0.1) is 10.1 Å². The molecule has 10 heteroatoms. The Bertz CT molecular complexity index is 567. The van der Waals surface area contributed by atoms with Gasteiger partial charge in [0.05, 0.1) is 10.5 Å². The number of hydrogen-bond donors (Lipinski definition) is 0. The van der Waals surface area contributed by atoms with E-state index < -0.39 is 37.2 Å². The van der Waals surface area contributed by atoms with Crippen LogP contribution in [0.5, 0.6) is 0 Å². The maximum absolute atomic E-state index is 12.5. The summed E-state index contributed by atoms with van der Waals surface area (Å²) in [6, 6.07) is 0.142. The van der Waals surface area contributed by atoms with Gasteiger partial charge in [-0.2, -0.15) is 13.2 Å². The summed E-state index contributed by atoms with van der Waals surface area (Å²) in [4.78, 5) is 12.2. The maximum atomic E-state index is 12.5. The Morgan fingerprint density at radius 3 is 2.29 bits per heavy atom. The first-order valence-corrected chi connectivity index (χ1v) is 5.84. The lowest BCUT2D eigenvalue weighted by molar-refractivity contribution is -0.385. The van der Waals surface area contributed by atoms with Crippen molar-refractivity contribution in [3.63, 3.8) is 0 Å². The number of hydrogen-bond acceptors (Lipinski definition) is 5. The molecular formula is C7H5F3N2O4S. The van der Waals surface area contributed by atoms with E-state index in [1.54, 1.807) is 0 Å². The Morgan fingerprint density at radius 2 is 1.94 bits per heavy atom. The van der Waals surface area contributed by atoms with E-state index in [1.165, 1.54) is 0 Å². The molecule has 0 fully saturated rings. The number of sulfone groups is 1. The number of halogens is 3. The number of nitrogens with zero attached hydrogens (tertiary/aromatic N) is 2. The molecule has 0 N–H and O–H groups in total. The average molecular weight is 270 g/mol. The molecule has 6 nitrogen and oxygen atoms in total. The summed E-state index contributed by atoms with van der Waals surface area (Å²) in [5.41, 5.74) is -2.57. The predicted molar refractivity (Wildman–Crippen MR) is 49.0 cm³/mol. The fourth-order valence-electron chi connectivity index (χ4n) is 1.04. The molecule has 0 radical (unpaired) electrons. The van der Waals surface area contributed by atoms with Crippen molar-refractivity contribution in [3.05, 3.63) is 27.9 Å². The Kier molecular flexibility index (Phi) is 3.10. The lowest BCUT2D eigenvalue weighted by atomic mass is 10.2. The summed E-state index contributed by atoms with van der Waals surface area (Å²) in [7, 11) is -4.21. The number of aromatic nitrogens is 1. The summed E-state index contributed by atoms with van der Waals surface area (Å²) in [6.07, 6.45) is -4.03. The van der Waals surface area contributed by atoms with Crippen LogP contribution in [0.1, 0.15) is 5.56 Å². The van der Waals surface area contributed by atoms with Crippen LogP contribution in [0.4, 0.5) is 18.9 Å². The van der Waals surface area contributed by atoms with Crippen molar-refractivity contribution in [1.29, 1.82) is 0 Å². The monoisotopic (exact) mass is 270 g/mol. The van der Waals surface area contributed by atoms with Crippen LogP contribution in [0.2, 0.25) is 0 Å². The Hall–Kier alpha value is -1.71. The predicted octanol–water partition coefficient (Wildman–Crippen LogP) is 1.41. The zero-order valence-corrected chi connectivity index (χ0v) is 9.04. The summed E-state index contributed by atoms with van der Waals surface area (Å²) < 4.78 is 59.6. The maximum Gasteiger partial charge on any atom is 0.419 e. The van der Waals surface area contributed by atoms with Crippen molar-refractivity contribution in [1.82, 2.24) is 4.98 Å². The largest absolute Gasteiger partial charge is 0.419 e. The van der Waals surface area contributed by atoms with Gasteiger partial charge in [0.1, 0.15) is 6.20 Å². The Morgan fingerprint density at radius 1 is 1.41 bits per heavy atom. The quantitative estimate of drug-likeness (QED) is 0.598. The highest BCUT2D eigenvalue weighted by Crippen LogP contribution is 2.34. The van der Waals surface area contributed by atoms with E-state index in [0.29, 0.717) is 12.5 Å². The highest BCUT2D eigenvalue weighted by atomic mass is 32.2. The summed E-state index contributed by atoms with van der Waals surface area (Å²) >= 11 is 0. The first-order chi connectivity index (χ1) is 7.53. The number of pyridine rings is 1. The lowest BCUT2D eigenvalue weighted by Crippen LogP contribution is -2.14. The summed E-state index contributed by atoms with van der Waals surface area (Å²) in [5, 5.41) is 9.06. The molecule has 0 aliphatic rings. The van der Waals surface area contributed by atoms with E-state index in [2.05, 4.69) is 4.98 Å². The number of rotatable bonds is 2. The molecule has 1 aromatic rings. The first kappa shape index (κ1) is 13.4. The smallest absolute Gasteiger partial charge is 0.258 e. The fraction of sp³-hybridized carbons (Fsp3) is 0.286. The fourth-order valence-corrected chi connectivity index (χ4v) is 1.86. The second-order valence-electron chi connectivity index (χ2n) is 3.07. The molecule has 0 atom stereocenters.